The van der Waals surface area contributed by atoms with E-state index in [9.17, 15) is 8.42 Å². The Labute approximate surface area is 95.3 Å². The van der Waals surface area contributed by atoms with E-state index in [1.807, 2.05) is 0 Å². The summed E-state index contributed by atoms with van der Waals surface area (Å²) in [7, 11) is -3.60. The highest BCUT2D eigenvalue weighted by atomic mass is 32.2. The van der Waals surface area contributed by atoms with Crippen molar-refractivity contribution < 1.29 is 13.5 Å². The van der Waals surface area contributed by atoms with Gasteiger partial charge in [-0.1, -0.05) is 13.0 Å². The van der Waals surface area contributed by atoms with Crippen LogP contribution in [0.25, 0.3) is 0 Å². The molecule has 0 unspecified atom stereocenters. The molecule has 1 atom stereocenters. The van der Waals surface area contributed by atoms with Gasteiger partial charge in [0.15, 0.2) is 0 Å². The number of aliphatic hydroxyl groups is 1. The molecule has 0 aliphatic carbocycles. The molecule has 0 aliphatic rings. The maximum absolute atomic E-state index is 11.8. The summed E-state index contributed by atoms with van der Waals surface area (Å²) in [5.74, 6) is 0. The molecule has 0 saturated carbocycles. The fourth-order valence-electron chi connectivity index (χ4n) is 1.22. The molecule has 0 saturated heterocycles. The van der Waals surface area contributed by atoms with Crippen molar-refractivity contribution >= 4 is 15.7 Å². The summed E-state index contributed by atoms with van der Waals surface area (Å²) in [6.45, 7) is 1.57. The molecule has 0 amide bonds. The summed E-state index contributed by atoms with van der Waals surface area (Å²) >= 11 is 0. The van der Waals surface area contributed by atoms with E-state index in [4.69, 9.17) is 10.8 Å². The van der Waals surface area contributed by atoms with Gasteiger partial charge in [-0.2, -0.15) is 0 Å². The molecule has 1 aromatic rings. The first-order valence-corrected chi connectivity index (χ1v) is 6.46. The molecule has 0 fully saturated rings. The lowest BCUT2D eigenvalue weighted by Crippen LogP contribution is -2.36. The zero-order valence-electron chi connectivity index (χ0n) is 9.05. The molecule has 1 aromatic carbocycles. The van der Waals surface area contributed by atoms with Crippen molar-refractivity contribution in [3.05, 3.63) is 24.3 Å². The first-order valence-electron chi connectivity index (χ1n) is 4.98. The second-order valence-electron chi connectivity index (χ2n) is 3.48. The molecule has 5 nitrogen and oxygen atoms in total. The van der Waals surface area contributed by atoms with E-state index < -0.39 is 16.1 Å². The standard InChI is InChI=1S/C10H16N2O3S/c1-2-9(7-13)12-16(14,15)10-5-3-4-8(11)6-10/h3-6,9,12-13H,2,7,11H2,1H3/t9-/m0/s1. The highest BCUT2D eigenvalue weighted by molar-refractivity contribution is 7.89. The third-order valence-electron chi connectivity index (χ3n) is 2.20. The van der Waals surface area contributed by atoms with Gasteiger partial charge in [0.2, 0.25) is 10.0 Å². The first-order chi connectivity index (χ1) is 7.49. The largest absolute Gasteiger partial charge is 0.399 e. The lowest BCUT2D eigenvalue weighted by molar-refractivity contribution is 0.254. The van der Waals surface area contributed by atoms with Crippen LogP contribution in [0.4, 0.5) is 5.69 Å². The molecule has 0 aromatic heterocycles. The van der Waals surface area contributed by atoms with Gasteiger partial charge < -0.3 is 10.8 Å². The maximum Gasteiger partial charge on any atom is 0.240 e. The fourth-order valence-corrected chi connectivity index (χ4v) is 2.58. The van der Waals surface area contributed by atoms with Crippen LogP contribution in [0.5, 0.6) is 0 Å². The highest BCUT2D eigenvalue weighted by Crippen LogP contribution is 2.13. The van der Waals surface area contributed by atoms with Crippen LogP contribution in [-0.4, -0.2) is 26.2 Å². The molecule has 0 radical (unpaired) electrons. The average molecular weight is 244 g/mol. The van der Waals surface area contributed by atoms with Crippen molar-refractivity contribution in [2.24, 2.45) is 0 Å². The molecule has 0 spiro atoms. The van der Waals surface area contributed by atoms with Gasteiger partial charge in [-0.05, 0) is 24.6 Å². The number of anilines is 1. The predicted octanol–water partition coefficient (Wildman–Crippen LogP) is 0.318. The normalized spacial score (nSPS) is 13.6. The zero-order chi connectivity index (χ0) is 12.2. The van der Waals surface area contributed by atoms with E-state index in [0.717, 1.165) is 0 Å². The fraction of sp³-hybridized carbons (Fsp3) is 0.400. The number of rotatable bonds is 5. The molecular formula is C10H16N2O3S. The lowest BCUT2D eigenvalue weighted by Gasteiger charge is -2.14. The molecule has 4 N–H and O–H groups in total. The Morgan fingerprint density at radius 1 is 1.50 bits per heavy atom. The van der Waals surface area contributed by atoms with Gasteiger partial charge in [0, 0.05) is 11.7 Å². The zero-order valence-corrected chi connectivity index (χ0v) is 9.87. The van der Waals surface area contributed by atoms with Crippen molar-refractivity contribution in [2.45, 2.75) is 24.3 Å². The van der Waals surface area contributed by atoms with Crippen molar-refractivity contribution in [2.75, 3.05) is 12.3 Å². The van der Waals surface area contributed by atoms with Crippen LogP contribution >= 0.6 is 0 Å². The number of nitrogens with one attached hydrogen (secondary N) is 1. The Hall–Kier alpha value is -1.11. The molecular weight excluding hydrogens is 228 g/mol. The minimum atomic E-state index is -3.60. The minimum Gasteiger partial charge on any atom is -0.399 e. The number of aliphatic hydroxyl groups excluding tert-OH is 1. The van der Waals surface area contributed by atoms with Crippen molar-refractivity contribution in [1.29, 1.82) is 0 Å². The van der Waals surface area contributed by atoms with Gasteiger partial charge >= 0.3 is 0 Å². The van der Waals surface area contributed by atoms with Crippen LogP contribution in [0.1, 0.15) is 13.3 Å². The van der Waals surface area contributed by atoms with Gasteiger partial charge in [-0.3, -0.25) is 0 Å². The number of hydrogen-bond donors (Lipinski definition) is 3. The SMILES string of the molecule is CC[C@@H](CO)NS(=O)(=O)c1cccc(N)c1. The summed E-state index contributed by atoms with van der Waals surface area (Å²) in [4.78, 5) is 0.111. The smallest absolute Gasteiger partial charge is 0.240 e. The van der Waals surface area contributed by atoms with Gasteiger partial charge in [-0.25, -0.2) is 13.1 Å². The quantitative estimate of drug-likeness (QED) is 0.650. The third kappa shape index (κ3) is 3.19. The molecule has 0 aliphatic heterocycles. The van der Waals surface area contributed by atoms with E-state index >= 15 is 0 Å². The number of nitrogen functional groups attached to an aromatic ring is 1. The molecule has 1 rings (SSSR count). The molecule has 90 valence electrons. The van der Waals surface area contributed by atoms with E-state index in [1.54, 1.807) is 19.1 Å². The van der Waals surface area contributed by atoms with E-state index in [2.05, 4.69) is 4.72 Å². The van der Waals surface area contributed by atoms with Crippen LogP contribution in [-0.2, 0) is 10.0 Å². The molecule has 0 heterocycles. The molecule has 16 heavy (non-hydrogen) atoms. The van der Waals surface area contributed by atoms with Crippen molar-refractivity contribution in [3.63, 3.8) is 0 Å². The maximum atomic E-state index is 11.8. The molecule has 0 bridgehead atoms. The monoisotopic (exact) mass is 244 g/mol. The van der Waals surface area contributed by atoms with Gasteiger partial charge in [0.1, 0.15) is 0 Å². The Bertz CT molecular complexity index is 441. The second-order valence-corrected chi connectivity index (χ2v) is 5.20. The summed E-state index contributed by atoms with van der Waals surface area (Å²) in [6, 6.07) is 5.56. The van der Waals surface area contributed by atoms with Crippen molar-refractivity contribution in [3.8, 4) is 0 Å². The van der Waals surface area contributed by atoms with Crippen LogP contribution < -0.4 is 10.5 Å². The second kappa shape index (κ2) is 5.29. The summed E-state index contributed by atoms with van der Waals surface area (Å²) in [5.41, 5.74) is 5.90. The van der Waals surface area contributed by atoms with Crippen LogP contribution in [0.15, 0.2) is 29.2 Å². The van der Waals surface area contributed by atoms with E-state index in [1.165, 1.54) is 12.1 Å². The minimum absolute atomic E-state index is 0.111. The third-order valence-corrected chi connectivity index (χ3v) is 3.72. The summed E-state index contributed by atoms with van der Waals surface area (Å²) in [6.07, 6.45) is 0.526. The summed E-state index contributed by atoms with van der Waals surface area (Å²) < 4.78 is 26.1. The lowest BCUT2D eigenvalue weighted by atomic mass is 10.3. The van der Waals surface area contributed by atoms with Gasteiger partial charge in [0.25, 0.3) is 0 Å². The Kier molecular flexibility index (Phi) is 4.28. The van der Waals surface area contributed by atoms with E-state index in [-0.39, 0.29) is 11.5 Å². The van der Waals surface area contributed by atoms with E-state index in [0.29, 0.717) is 12.1 Å². The molecule has 6 heteroatoms. The van der Waals surface area contributed by atoms with Crippen molar-refractivity contribution in [1.82, 2.24) is 4.72 Å². The first kappa shape index (κ1) is 13.0. The number of benzene rings is 1. The van der Waals surface area contributed by atoms with Crippen LogP contribution in [0.3, 0.4) is 0 Å². The summed E-state index contributed by atoms with van der Waals surface area (Å²) in [5, 5.41) is 8.94. The topological polar surface area (TPSA) is 92.4 Å². The Balaban J connectivity index is 2.94. The van der Waals surface area contributed by atoms with Crippen LogP contribution in [0.2, 0.25) is 0 Å². The number of sulfonamides is 1. The number of hydrogen-bond acceptors (Lipinski definition) is 4. The highest BCUT2D eigenvalue weighted by Gasteiger charge is 2.18. The van der Waals surface area contributed by atoms with Crippen LogP contribution in [0, 0.1) is 0 Å². The predicted molar refractivity (Wildman–Crippen MR) is 62.3 cm³/mol. The average Bonchev–Trinajstić information content (AvgIpc) is 2.26. The van der Waals surface area contributed by atoms with Gasteiger partial charge in [0.05, 0.1) is 11.5 Å². The van der Waals surface area contributed by atoms with Gasteiger partial charge in [-0.15, -0.1) is 0 Å². The Morgan fingerprint density at radius 2 is 2.19 bits per heavy atom. The number of nitrogens with two attached hydrogens (primary N) is 1. The Morgan fingerprint density at radius 3 is 2.69 bits per heavy atom.